The second-order valence-corrected chi connectivity index (χ2v) is 5.47. The van der Waals surface area contributed by atoms with Crippen LogP contribution in [0.15, 0.2) is 42.6 Å². The number of carbonyl (C=O) groups is 1. The lowest BCUT2D eigenvalue weighted by atomic mass is 10.2. The first kappa shape index (κ1) is 18.1. The number of hydrogen-bond donors (Lipinski definition) is 0. The maximum atomic E-state index is 12.3. The normalized spacial score (nSPS) is 11.2. The molecule has 0 saturated heterocycles. The molecule has 4 nitrogen and oxygen atoms in total. The van der Waals surface area contributed by atoms with Gasteiger partial charge in [-0.05, 0) is 11.6 Å². The summed E-state index contributed by atoms with van der Waals surface area (Å²) in [6.45, 7) is -1.12. The molecule has 0 saturated carbocycles. The Morgan fingerprint density at radius 2 is 1.96 bits per heavy atom. The molecule has 8 heteroatoms. The highest BCUT2D eigenvalue weighted by atomic mass is 35.5. The molecule has 0 aliphatic carbocycles. The molecule has 0 bridgehead atoms. The van der Waals surface area contributed by atoms with E-state index in [1.165, 1.54) is 11.0 Å². The van der Waals surface area contributed by atoms with Crippen molar-refractivity contribution in [3.63, 3.8) is 0 Å². The topological polar surface area (TPSA) is 42.4 Å². The molecule has 0 radical (unpaired) electrons. The third kappa shape index (κ3) is 5.13. The fourth-order valence-corrected chi connectivity index (χ4v) is 2.17. The van der Waals surface area contributed by atoms with Crippen molar-refractivity contribution in [2.45, 2.75) is 12.7 Å². The molecule has 1 aromatic heterocycles. The highest BCUT2D eigenvalue weighted by Gasteiger charge is 2.29. The van der Waals surface area contributed by atoms with Crippen LogP contribution in [0.25, 0.3) is 0 Å². The van der Waals surface area contributed by atoms with Gasteiger partial charge >= 0.3 is 6.18 Å². The van der Waals surface area contributed by atoms with Crippen molar-refractivity contribution >= 4 is 17.5 Å². The average Bonchev–Trinajstić information content (AvgIpc) is 2.53. The van der Waals surface area contributed by atoms with E-state index >= 15 is 0 Å². The van der Waals surface area contributed by atoms with Crippen molar-refractivity contribution in [1.82, 2.24) is 9.88 Å². The van der Waals surface area contributed by atoms with E-state index in [1.807, 2.05) is 30.3 Å². The molecule has 0 N–H and O–H groups in total. The van der Waals surface area contributed by atoms with Gasteiger partial charge in [0.05, 0.1) is 5.56 Å². The number of amides is 1. The number of ether oxygens (including phenoxy) is 1. The van der Waals surface area contributed by atoms with Crippen LogP contribution in [0.1, 0.15) is 15.9 Å². The molecule has 1 heterocycles. The fraction of sp³-hybridized carbons (Fsp3) is 0.250. The number of nitrogens with zero attached hydrogens (tertiary/aromatic N) is 2. The summed E-state index contributed by atoms with van der Waals surface area (Å²) in [6, 6.07) is 10.6. The van der Waals surface area contributed by atoms with Gasteiger partial charge in [0.25, 0.3) is 5.91 Å². The van der Waals surface area contributed by atoms with Crippen LogP contribution >= 0.6 is 11.6 Å². The lowest BCUT2D eigenvalue weighted by molar-refractivity contribution is -0.154. The summed E-state index contributed by atoms with van der Waals surface area (Å²) in [7, 11) is 1.61. The zero-order valence-corrected chi connectivity index (χ0v) is 13.4. The van der Waals surface area contributed by atoms with E-state index in [0.717, 1.165) is 11.8 Å². The van der Waals surface area contributed by atoms with Gasteiger partial charge in [-0.3, -0.25) is 4.79 Å². The second-order valence-electron chi connectivity index (χ2n) is 5.06. The molecule has 0 fully saturated rings. The molecule has 0 aliphatic rings. The van der Waals surface area contributed by atoms with Gasteiger partial charge in [-0.1, -0.05) is 41.9 Å². The highest BCUT2D eigenvalue weighted by molar-refractivity contribution is 6.32. The summed E-state index contributed by atoms with van der Waals surface area (Å²) in [5.74, 6) is -0.716. The van der Waals surface area contributed by atoms with Gasteiger partial charge in [0, 0.05) is 19.8 Å². The van der Waals surface area contributed by atoms with Gasteiger partial charge in [-0.2, -0.15) is 13.2 Å². The first-order valence-electron chi connectivity index (χ1n) is 6.91. The van der Waals surface area contributed by atoms with E-state index in [-0.39, 0.29) is 22.4 Å². The Labute approximate surface area is 141 Å². The molecule has 0 aliphatic heterocycles. The van der Waals surface area contributed by atoms with E-state index in [4.69, 9.17) is 11.6 Å². The minimum absolute atomic E-state index is 0.154. The Kier molecular flexibility index (Phi) is 5.66. The minimum Gasteiger partial charge on any atom is -0.467 e. The van der Waals surface area contributed by atoms with E-state index in [0.29, 0.717) is 6.54 Å². The summed E-state index contributed by atoms with van der Waals surface area (Å²) in [5.41, 5.74) is 1.11. The summed E-state index contributed by atoms with van der Waals surface area (Å²) >= 11 is 5.84. The van der Waals surface area contributed by atoms with Crippen LogP contribution in [0.3, 0.4) is 0 Å². The highest BCUT2D eigenvalue weighted by Crippen LogP contribution is 2.25. The van der Waals surface area contributed by atoms with Crippen molar-refractivity contribution in [1.29, 1.82) is 0 Å². The lowest BCUT2D eigenvalue weighted by Crippen LogP contribution is -2.26. The molecule has 1 aromatic carbocycles. The molecule has 24 heavy (non-hydrogen) atoms. The third-order valence-corrected chi connectivity index (χ3v) is 3.31. The van der Waals surface area contributed by atoms with Crippen molar-refractivity contribution in [2.24, 2.45) is 0 Å². The SMILES string of the molecule is CN(Cc1ccccc1)C(=O)c1cnc(OCC(F)(F)F)c(Cl)c1. The van der Waals surface area contributed by atoms with Crippen molar-refractivity contribution < 1.29 is 22.7 Å². The molecule has 0 atom stereocenters. The number of hydrogen-bond acceptors (Lipinski definition) is 3. The van der Waals surface area contributed by atoms with E-state index in [2.05, 4.69) is 9.72 Å². The van der Waals surface area contributed by atoms with Gasteiger partial charge in [-0.25, -0.2) is 4.98 Å². The van der Waals surface area contributed by atoms with Gasteiger partial charge < -0.3 is 9.64 Å². The van der Waals surface area contributed by atoms with Crippen molar-refractivity contribution in [3.05, 3.63) is 58.7 Å². The average molecular weight is 359 g/mol. The van der Waals surface area contributed by atoms with Crippen LogP contribution in [0.2, 0.25) is 5.02 Å². The van der Waals surface area contributed by atoms with Crippen LogP contribution in [0.5, 0.6) is 5.88 Å². The zero-order chi connectivity index (χ0) is 17.7. The number of alkyl halides is 3. The second kappa shape index (κ2) is 7.53. The van der Waals surface area contributed by atoms with Crippen molar-refractivity contribution in [2.75, 3.05) is 13.7 Å². The summed E-state index contributed by atoms with van der Waals surface area (Å²) in [5, 5.41) is -0.154. The van der Waals surface area contributed by atoms with Crippen molar-refractivity contribution in [3.8, 4) is 5.88 Å². The predicted molar refractivity (Wildman–Crippen MR) is 83.0 cm³/mol. The number of rotatable bonds is 5. The van der Waals surface area contributed by atoms with Gasteiger partial charge in [0.2, 0.25) is 5.88 Å². The molecular weight excluding hydrogens is 345 g/mol. The zero-order valence-electron chi connectivity index (χ0n) is 12.7. The number of halogens is 4. The van der Waals surface area contributed by atoms with E-state index in [9.17, 15) is 18.0 Å². The summed E-state index contributed by atoms with van der Waals surface area (Å²) < 4.78 is 40.9. The number of pyridine rings is 1. The van der Waals surface area contributed by atoms with E-state index in [1.54, 1.807) is 7.05 Å². The Hall–Kier alpha value is -2.28. The third-order valence-electron chi connectivity index (χ3n) is 3.04. The number of aromatic nitrogens is 1. The largest absolute Gasteiger partial charge is 0.467 e. The first-order valence-corrected chi connectivity index (χ1v) is 7.28. The monoisotopic (exact) mass is 358 g/mol. The Morgan fingerprint density at radius 3 is 2.54 bits per heavy atom. The van der Waals surface area contributed by atoms with Crippen LogP contribution in [-0.4, -0.2) is 35.6 Å². The maximum Gasteiger partial charge on any atom is 0.422 e. The van der Waals surface area contributed by atoms with Gasteiger partial charge in [-0.15, -0.1) is 0 Å². The standard InChI is InChI=1S/C16H14ClF3N2O2/c1-22(9-11-5-3-2-4-6-11)15(23)12-7-13(17)14(21-8-12)24-10-16(18,19)20/h2-8H,9-10H2,1H3. The van der Waals surface area contributed by atoms with Gasteiger partial charge in [0.15, 0.2) is 6.61 Å². The van der Waals surface area contributed by atoms with Gasteiger partial charge in [0.1, 0.15) is 5.02 Å². The molecule has 0 unspecified atom stereocenters. The molecule has 2 aromatic rings. The number of benzene rings is 1. The molecular formula is C16H14ClF3N2O2. The molecule has 2 rings (SSSR count). The Bertz CT molecular complexity index is 708. The van der Waals surface area contributed by atoms with Crippen LogP contribution in [0, 0.1) is 0 Å². The number of carbonyl (C=O) groups excluding carboxylic acids is 1. The van der Waals surface area contributed by atoms with E-state index < -0.39 is 12.8 Å². The maximum absolute atomic E-state index is 12.3. The quantitative estimate of drug-likeness (QED) is 0.812. The summed E-state index contributed by atoms with van der Waals surface area (Å²) in [4.78, 5) is 17.5. The van der Waals surface area contributed by atoms with Crippen LogP contribution in [0.4, 0.5) is 13.2 Å². The molecule has 128 valence electrons. The first-order chi connectivity index (χ1) is 11.3. The molecule has 1 amide bonds. The predicted octanol–water partition coefficient (Wildman–Crippen LogP) is 3.95. The molecule has 0 spiro atoms. The smallest absolute Gasteiger partial charge is 0.422 e. The Morgan fingerprint density at radius 1 is 1.29 bits per heavy atom. The summed E-state index contributed by atoms with van der Waals surface area (Å²) in [6.07, 6.45) is -3.35. The fourth-order valence-electron chi connectivity index (χ4n) is 1.95. The Balaban J connectivity index is 2.06. The van der Waals surface area contributed by atoms with Crippen LogP contribution in [-0.2, 0) is 6.54 Å². The lowest BCUT2D eigenvalue weighted by Gasteiger charge is -2.17. The van der Waals surface area contributed by atoms with Crippen LogP contribution < -0.4 is 4.74 Å². The minimum atomic E-state index is -4.49.